The Morgan fingerprint density at radius 1 is 1.10 bits per heavy atom. The van der Waals surface area contributed by atoms with Gasteiger partial charge in [-0.05, 0) is 35.9 Å². The van der Waals surface area contributed by atoms with Gasteiger partial charge in [0.1, 0.15) is 5.52 Å². The maximum absolute atomic E-state index is 13.1. The summed E-state index contributed by atoms with van der Waals surface area (Å²) in [6.07, 6.45) is 0. The number of hydrogen-bond donors (Lipinski definition) is 2. The standard InChI is InChI=1S/C14H11F2N3O/c15-10-3-1-8(5-11(10)16)7-18-14-19-12-6-9(17)2-4-13(12)20-14/h1-6H,7,17H2,(H,18,19). The summed E-state index contributed by atoms with van der Waals surface area (Å²) in [5, 5.41) is 2.91. The van der Waals surface area contributed by atoms with E-state index in [1.807, 2.05) is 0 Å². The van der Waals surface area contributed by atoms with Gasteiger partial charge in [-0.3, -0.25) is 0 Å². The molecule has 0 aliphatic heterocycles. The average Bonchev–Trinajstić information content (AvgIpc) is 2.82. The molecule has 6 heteroatoms. The fourth-order valence-electron chi connectivity index (χ4n) is 1.85. The Morgan fingerprint density at radius 2 is 1.95 bits per heavy atom. The Labute approximate surface area is 113 Å². The van der Waals surface area contributed by atoms with E-state index in [-0.39, 0.29) is 6.54 Å². The van der Waals surface area contributed by atoms with Gasteiger partial charge in [0.2, 0.25) is 0 Å². The molecule has 1 aromatic heterocycles. The SMILES string of the molecule is Nc1ccc2oc(NCc3ccc(F)c(F)c3)nc2c1. The highest BCUT2D eigenvalue weighted by atomic mass is 19.2. The second-order valence-corrected chi connectivity index (χ2v) is 4.35. The third-order valence-electron chi connectivity index (χ3n) is 2.84. The number of fused-ring (bicyclic) bond motifs is 1. The zero-order valence-electron chi connectivity index (χ0n) is 10.4. The molecule has 4 nitrogen and oxygen atoms in total. The van der Waals surface area contributed by atoms with Gasteiger partial charge in [-0.15, -0.1) is 0 Å². The lowest BCUT2D eigenvalue weighted by Crippen LogP contribution is -2.00. The topological polar surface area (TPSA) is 64.1 Å². The predicted molar refractivity (Wildman–Crippen MR) is 72.1 cm³/mol. The lowest BCUT2D eigenvalue weighted by molar-refractivity contribution is 0.507. The second kappa shape index (κ2) is 4.80. The van der Waals surface area contributed by atoms with Gasteiger partial charge in [-0.25, -0.2) is 8.78 Å². The molecule has 3 N–H and O–H groups in total. The van der Waals surface area contributed by atoms with Gasteiger partial charge in [0.25, 0.3) is 6.01 Å². The van der Waals surface area contributed by atoms with E-state index in [0.717, 1.165) is 12.1 Å². The van der Waals surface area contributed by atoms with Crippen LogP contribution in [-0.2, 0) is 6.54 Å². The van der Waals surface area contributed by atoms with Crippen LogP contribution in [0.25, 0.3) is 11.1 Å². The molecule has 2 aromatic carbocycles. The molecule has 3 rings (SSSR count). The van der Waals surface area contributed by atoms with E-state index in [9.17, 15) is 8.78 Å². The van der Waals surface area contributed by atoms with E-state index in [1.165, 1.54) is 6.07 Å². The number of nitrogen functional groups attached to an aromatic ring is 1. The minimum Gasteiger partial charge on any atom is -0.424 e. The maximum Gasteiger partial charge on any atom is 0.295 e. The maximum atomic E-state index is 13.1. The fraction of sp³-hybridized carbons (Fsp3) is 0.0714. The van der Waals surface area contributed by atoms with Gasteiger partial charge in [-0.2, -0.15) is 4.98 Å². The van der Waals surface area contributed by atoms with E-state index >= 15 is 0 Å². The van der Waals surface area contributed by atoms with E-state index in [1.54, 1.807) is 18.2 Å². The van der Waals surface area contributed by atoms with Crippen molar-refractivity contribution in [3.05, 3.63) is 53.6 Å². The van der Waals surface area contributed by atoms with Gasteiger partial charge < -0.3 is 15.5 Å². The zero-order valence-corrected chi connectivity index (χ0v) is 10.4. The van der Waals surface area contributed by atoms with Crippen LogP contribution in [0.3, 0.4) is 0 Å². The van der Waals surface area contributed by atoms with Crippen LogP contribution in [0.15, 0.2) is 40.8 Å². The molecule has 102 valence electrons. The van der Waals surface area contributed by atoms with E-state index < -0.39 is 11.6 Å². The van der Waals surface area contributed by atoms with Crippen molar-refractivity contribution in [2.24, 2.45) is 0 Å². The number of halogens is 2. The number of nitrogens with two attached hydrogens (primary N) is 1. The Bertz CT molecular complexity index is 770. The molecule has 0 amide bonds. The molecular weight excluding hydrogens is 264 g/mol. The molecule has 0 saturated heterocycles. The first-order chi connectivity index (χ1) is 9.61. The summed E-state index contributed by atoms with van der Waals surface area (Å²) in [6.45, 7) is 0.277. The van der Waals surface area contributed by atoms with Crippen molar-refractivity contribution in [1.82, 2.24) is 4.98 Å². The molecule has 0 radical (unpaired) electrons. The quantitative estimate of drug-likeness (QED) is 0.720. The van der Waals surface area contributed by atoms with E-state index in [0.29, 0.717) is 28.4 Å². The third kappa shape index (κ3) is 2.40. The largest absolute Gasteiger partial charge is 0.424 e. The number of aromatic nitrogens is 1. The van der Waals surface area contributed by atoms with Gasteiger partial charge >= 0.3 is 0 Å². The third-order valence-corrected chi connectivity index (χ3v) is 2.84. The monoisotopic (exact) mass is 275 g/mol. The number of anilines is 2. The molecule has 0 unspecified atom stereocenters. The lowest BCUT2D eigenvalue weighted by Gasteiger charge is -2.02. The number of nitrogens with one attached hydrogen (secondary N) is 1. The second-order valence-electron chi connectivity index (χ2n) is 4.35. The predicted octanol–water partition coefficient (Wildman–Crippen LogP) is 3.30. The van der Waals surface area contributed by atoms with Gasteiger partial charge in [0.15, 0.2) is 17.2 Å². The summed E-state index contributed by atoms with van der Waals surface area (Å²) in [7, 11) is 0. The highest BCUT2D eigenvalue weighted by Gasteiger charge is 2.07. The van der Waals surface area contributed by atoms with Crippen LogP contribution < -0.4 is 11.1 Å². The van der Waals surface area contributed by atoms with Crippen LogP contribution >= 0.6 is 0 Å². The van der Waals surface area contributed by atoms with E-state index in [2.05, 4.69) is 10.3 Å². The van der Waals surface area contributed by atoms with Gasteiger partial charge in [0, 0.05) is 12.2 Å². The minimum absolute atomic E-state index is 0.277. The van der Waals surface area contributed by atoms with Crippen molar-refractivity contribution in [3.8, 4) is 0 Å². The number of nitrogens with zero attached hydrogens (tertiary/aromatic N) is 1. The molecular formula is C14H11F2N3O. The first kappa shape index (κ1) is 12.4. The molecule has 0 spiro atoms. The smallest absolute Gasteiger partial charge is 0.295 e. The summed E-state index contributed by atoms with van der Waals surface area (Å²) in [6, 6.07) is 9.14. The Kier molecular flexibility index (Phi) is 2.98. The summed E-state index contributed by atoms with van der Waals surface area (Å²) in [5.74, 6) is -1.75. The highest BCUT2D eigenvalue weighted by Crippen LogP contribution is 2.21. The van der Waals surface area contributed by atoms with Crippen molar-refractivity contribution in [1.29, 1.82) is 0 Å². The van der Waals surface area contributed by atoms with E-state index in [4.69, 9.17) is 10.2 Å². The van der Waals surface area contributed by atoms with Crippen molar-refractivity contribution < 1.29 is 13.2 Å². The summed E-state index contributed by atoms with van der Waals surface area (Å²) >= 11 is 0. The number of hydrogen-bond acceptors (Lipinski definition) is 4. The molecule has 0 aliphatic carbocycles. The summed E-state index contributed by atoms with van der Waals surface area (Å²) < 4.78 is 31.3. The Morgan fingerprint density at radius 3 is 2.75 bits per heavy atom. The average molecular weight is 275 g/mol. The molecule has 0 atom stereocenters. The zero-order chi connectivity index (χ0) is 14.1. The lowest BCUT2D eigenvalue weighted by atomic mass is 10.2. The Hall–Kier alpha value is -2.63. The molecule has 20 heavy (non-hydrogen) atoms. The number of oxazole rings is 1. The van der Waals surface area contributed by atoms with Crippen LogP contribution in [0.4, 0.5) is 20.5 Å². The first-order valence-electron chi connectivity index (χ1n) is 5.96. The highest BCUT2D eigenvalue weighted by molar-refractivity contribution is 5.78. The molecule has 0 aliphatic rings. The van der Waals surface area contributed by atoms with Crippen molar-refractivity contribution >= 4 is 22.8 Å². The first-order valence-corrected chi connectivity index (χ1v) is 5.96. The van der Waals surface area contributed by atoms with Crippen LogP contribution in [0.5, 0.6) is 0 Å². The number of benzene rings is 2. The van der Waals surface area contributed by atoms with Crippen LogP contribution in [0, 0.1) is 11.6 Å². The van der Waals surface area contributed by atoms with Crippen molar-refractivity contribution in [2.75, 3.05) is 11.1 Å². The molecule has 0 fully saturated rings. The van der Waals surface area contributed by atoms with Crippen molar-refractivity contribution in [2.45, 2.75) is 6.54 Å². The van der Waals surface area contributed by atoms with Crippen LogP contribution in [-0.4, -0.2) is 4.98 Å². The minimum atomic E-state index is -0.880. The number of rotatable bonds is 3. The molecule has 0 bridgehead atoms. The molecule has 1 heterocycles. The normalized spacial score (nSPS) is 10.9. The summed E-state index contributed by atoms with van der Waals surface area (Å²) in [4.78, 5) is 4.20. The van der Waals surface area contributed by atoms with Crippen molar-refractivity contribution in [3.63, 3.8) is 0 Å². The Balaban J connectivity index is 1.77. The molecule has 3 aromatic rings. The van der Waals surface area contributed by atoms with Crippen LogP contribution in [0.1, 0.15) is 5.56 Å². The van der Waals surface area contributed by atoms with Crippen LogP contribution in [0.2, 0.25) is 0 Å². The molecule has 0 saturated carbocycles. The van der Waals surface area contributed by atoms with Gasteiger partial charge in [-0.1, -0.05) is 6.07 Å². The van der Waals surface area contributed by atoms with Gasteiger partial charge in [0.05, 0.1) is 0 Å². The fourth-order valence-corrected chi connectivity index (χ4v) is 1.85. The summed E-state index contributed by atoms with van der Waals surface area (Å²) in [5.41, 5.74) is 8.07.